The van der Waals surface area contributed by atoms with Crippen molar-refractivity contribution in [3.63, 3.8) is 0 Å². The van der Waals surface area contributed by atoms with Gasteiger partial charge >= 0.3 is 12.1 Å². The van der Waals surface area contributed by atoms with E-state index >= 15 is 0 Å². The number of carbonyl (C=O) groups is 2. The normalized spacial score (nSPS) is 12.6. The van der Waals surface area contributed by atoms with E-state index in [0.717, 1.165) is 0 Å². The maximum Gasteiger partial charge on any atom is 0.449 e. The fourth-order valence-corrected chi connectivity index (χ4v) is 2.43. The van der Waals surface area contributed by atoms with Crippen molar-refractivity contribution in [3.05, 3.63) is 76.0 Å². The average molecular weight is 426 g/mol. The Morgan fingerprint density at radius 3 is 2.41 bits per heavy atom. The number of esters is 1. The Morgan fingerprint density at radius 2 is 1.83 bits per heavy atom. The third kappa shape index (κ3) is 5.68. The summed E-state index contributed by atoms with van der Waals surface area (Å²) in [5, 5.41) is 9.61. The average Bonchev–Trinajstić information content (AvgIpc) is 2.68. The number of aliphatic imine (C=N–C) groups is 1. The van der Waals surface area contributed by atoms with Crippen LogP contribution in [0.3, 0.4) is 0 Å². The highest BCUT2D eigenvalue weighted by Crippen LogP contribution is 2.28. The summed E-state index contributed by atoms with van der Waals surface area (Å²) in [6.45, 7) is 1.19. The molecule has 0 atom stereocenters. The van der Waals surface area contributed by atoms with Crippen LogP contribution in [0, 0.1) is 0 Å². The molecule has 9 heteroatoms. The van der Waals surface area contributed by atoms with Crippen LogP contribution in [0.1, 0.15) is 22.8 Å². The van der Waals surface area contributed by atoms with Crippen molar-refractivity contribution in [2.75, 3.05) is 6.61 Å². The molecule has 0 spiro atoms. The zero-order valence-electron chi connectivity index (χ0n) is 15.0. The van der Waals surface area contributed by atoms with Gasteiger partial charge in [-0.1, -0.05) is 41.9 Å². The number of aliphatic hydroxyl groups excluding tert-OH is 1. The predicted molar refractivity (Wildman–Crippen MR) is 102 cm³/mol. The number of rotatable bonds is 6. The molecule has 5 nitrogen and oxygen atoms in total. The van der Waals surface area contributed by atoms with E-state index in [9.17, 15) is 27.9 Å². The highest BCUT2D eigenvalue weighted by Gasteiger charge is 2.38. The van der Waals surface area contributed by atoms with E-state index in [4.69, 9.17) is 11.6 Å². The quantitative estimate of drug-likeness (QED) is 0.226. The van der Waals surface area contributed by atoms with Crippen LogP contribution in [0.15, 0.2) is 64.9 Å². The molecule has 0 aliphatic heterocycles. The van der Waals surface area contributed by atoms with Gasteiger partial charge in [0.2, 0.25) is 5.76 Å². The number of allylic oxidation sites excluding steroid dienone is 1. The Kier molecular flexibility index (Phi) is 7.17. The van der Waals surface area contributed by atoms with Gasteiger partial charge in [0.05, 0.1) is 12.3 Å². The summed E-state index contributed by atoms with van der Waals surface area (Å²) in [6.07, 6.45) is -4.68. The molecule has 2 aromatic carbocycles. The topological polar surface area (TPSA) is 76.0 Å². The largest absolute Gasteiger partial charge is 0.504 e. The minimum absolute atomic E-state index is 0.00894. The van der Waals surface area contributed by atoms with Crippen molar-refractivity contribution in [1.29, 1.82) is 0 Å². The predicted octanol–water partition coefficient (Wildman–Crippen LogP) is 5.21. The third-order valence-corrected chi connectivity index (χ3v) is 3.83. The summed E-state index contributed by atoms with van der Waals surface area (Å²) in [5.74, 6) is -4.03. The first-order valence-electron chi connectivity index (χ1n) is 8.26. The molecular formula is C20H15ClF3NO4. The van der Waals surface area contributed by atoms with Gasteiger partial charge in [-0.25, -0.2) is 4.79 Å². The molecule has 0 aliphatic carbocycles. The molecule has 0 unspecified atom stereocenters. The van der Waals surface area contributed by atoms with E-state index in [0.29, 0.717) is 11.8 Å². The number of nitrogens with zero attached hydrogens (tertiary/aromatic N) is 1. The van der Waals surface area contributed by atoms with E-state index in [-0.39, 0.29) is 22.9 Å². The van der Waals surface area contributed by atoms with Crippen LogP contribution in [0.25, 0.3) is 0 Å². The van der Waals surface area contributed by atoms with E-state index in [2.05, 4.69) is 9.73 Å². The molecule has 0 amide bonds. The first-order chi connectivity index (χ1) is 13.6. The Bertz CT molecular complexity index is 969. The van der Waals surface area contributed by atoms with Crippen molar-refractivity contribution >= 4 is 35.3 Å². The van der Waals surface area contributed by atoms with Gasteiger partial charge in [-0.05, 0) is 25.1 Å². The SMILES string of the molecule is CCOC(=O)/C(C=Nc1ccc(Cl)cc1C(=O)c1ccccc1)=C(/O)C(F)(F)F. The molecule has 152 valence electrons. The molecule has 1 N–H and O–H groups in total. The molecule has 0 saturated carbocycles. The van der Waals surface area contributed by atoms with Gasteiger partial charge in [0.1, 0.15) is 5.57 Å². The first-order valence-corrected chi connectivity index (χ1v) is 8.63. The minimum Gasteiger partial charge on any atom is -0.504 e. The molecule has 0 aromatic heterocycles. The Balaban J connectivity index is 2.53. The maximum atomic E-state index is 12.9. The highest BCUT2D eigenvalue weighted by atomic mass is 35.5. The van der Waals surface area contributed by atoms with Crippen molar-refractivity contribution in [2.24, 2.45) is 4.99 Å². The Labute approximate surface area is 169 Å². The van der Waals surface area contributed by atoms with Crippen LogP contribution in [-0.2, 0) is 9.53 Å². The van der Waals surface area contributed by atoms with Gasteiger partial charge in [0, 0.05) is 22.4 Å². The molecule has 2 rings (SSSR count). The van der Waals surface area contributed by atoms with Crippen LogP contribution in [0.5, 0.6) is 0 Å². The molecular weight excluding hydrogens is 411 g/mol. The lowest BCUT2D eigenvalue weighted by Crippen LogP contribution is -2.20. The summed E-state index contributed by atoms with van der Waals surface area (Å²) < 4.78 is 43.1. The number of ketones is 1. The third-order valence-electron chi connectivity index (χ3n) is 3.59. The second kappa shape index (κ2) is 9.38. The van der Waals surface area contributed by atoms with Gasteiger partial charge in [-0.15, -0.1) is 0 Å². The second-order valence-electron chi connectivity index (χ2n) is 5.60. The lowest BCUT2D eigenvalue weighted by molar-refractivity contribution is -0.141. The first kappa shape index (κ1) is 22.2. The van der Waals surface area contributed by atoms with E-state index < -0.39 is 29.3 Å². The maximum absolute atomic E-state index is 12.9. The summed E-state index contributed by atoms with van der Waals surface area (Å²) in [6, 6.07) is 12.1. The minimum atomic E-state index is -5.18. The van der Waals surface area contributed by atoms with Gasteiger partial charge in [-0.2, -0.15) is 13.2 Å². The number of carbonyl (C=O) groups excluding carboxylic acids is 2. The van der Waals surface area contributed by atoms with Crippen molar-refractivity contribution in [3.8, 4) is 0 Å². The summed E-state index contributed by atoms with van der Waals surface area (Å²) in [5.41, 5.74) is -0.910. The molecule has 0 bridgehead atoms. The van der Waals surface area contributed by atoms with E-state index in [1.165, 1.54) is 25.1 Å². The van der Waals surface area contributed by atoms with Gasteiger partial charge in [-0.3, -0.25) is 9.79 Å². The van der Waals surface area contributed by atoms with Crippen LogP contribution in [0.4, 0.5) is 18.9 Å². The number of halogens is 4. The summed E-state index contributed by atoms with van der Waals surface area (Å²) in [7, 11) is 0. The van der Waals surface area contributed by atoms with Gasteiger partial charge in [0.15, 0.2) is 5.78 Å². The number of ether oxygens (including phenoxy) is 1. The number of aliphatic hydroxyl groups is 1. The zero-order chi connectivity index (χ0) is 21.6. The highest BCUT2D eigenvalue weighted by molar-refractivity contribution is 6.31. The number of alkyl halides is 3. The molecule has 29 heavy (non-hydrogen) atoms. The Hall–Kier alpha value is -3.13. The second-order valence-corrected chi connectivity index (χ2v) is 6.03. The van der Waals surface area contributed by atoms with Crippen LogP contribution >= 0.6 is 11.6 Å². The van der Waals surface area contributed by atoms with E-state index in [1.54, 1.807) is 30.3 Å². The lowest BCUT2D eigenvalue weighted by Gasteiger charge is -2.10. The fraction of sp³-hybridized carbons (Fsp3) is 0.150. The zero-order valence-corrected chi connectivity index (χ0v) is 15.8. The number of hydrogen-bond acceptors (Lipinski definition) is 5. The molecule has 0 fully saturated rings. The monoisotopic (exact) mass is 425 g/mol. The van der Waals surface area contributed by atoms with Crippen LogP contribution in [-0.4, -0.2) is 35.9 Å². The van der Waals surface area contributed by atoms with E-state index in [1.807, 2.05) is 0 Å². The number of benzene rings is 2. The van der Waals surface area contributed by atoms with Crippen molar-refractivity contribution in [1.82, 2.24) is 0 Å². The van der Waals surface area contributed by atoms with Crippen LogP contribution in [0.2, 0.25) is 5.02 Å². The molecule has 0 aliphatic rings. The molecule has 0 heterocycles. The molecule has 2 aromatic rings. The van der Waals surface area contributed by atoms with Gasteiger partial charge < -0.3 is 9.84 Å². The number of hydrogen-bond donors (Lipinski definition) is 1. The molecule has 0 radical (unpaired) electrons. The standard InChI is InChI=1S/C20H15ClF3NO4/c1-2-29-19(28)15(18(27)20(22,23)24)11-25-16-9-8-13(21)10-14(16)17(26)12-6-4-3-5-7-12/h3-11,27H,2H2,1H3/b18-15+,25-11?. The van der Waals surface area contributed by atoms with Crippen molar-refractivity contribution < 1.29 is 32.6 Å². The van der Waals surface area contributed by atoms with Gasteiger partial charge in [0.25, 0.3) is 0 Å². The lowest BCUT2D eigenvalue weighted by atomic mass is 10.0. The van der Waals surface area contributed by atoms with Crippen molar-refractivity contribution in [2.45, 2.75) is 13.1 Å². The van der Waals surface area contributed by atoms with Crippen LogP contribution < -0.4 is 0 Å². The smallest absolute Gasteiger partial charge is 0.449 e. The Morgan fingerprint density at radius 1 is 1.17 bits per heavy atom. The summed E-state index contributed by atoms with van der Waals surface area (Å²) >= 11 is 5.94. The fourth-order valence-electron chi connectivity index (χ4n) is 2.25. The summed E-state index contributed by atoms with van der Waals surface area (Å²) in [4.78, 5) is 28.4. The molecule has 0 saturated heterocycles.